The van der Waals surface area contributed by atoms with Crippen LogP contribution in [0.4, 0.5) is 0 Å². The lowest BCUT2D eigenvalue weighted by Crippen LogP contribution is -2.04. The molecule has 2 atom stereocenters. The molecule has 7 heavy (non-hydrogen) atoms. The first kappa shape index (κ1) is 6.60. The van der Waals surface area contributed by atoms with Crippen LogP contribution in [0.25, 0.3) is 0 Å². The molecule has 0 saturated carbocycles. The number of hydrogen-bond donors (Lipinski definition) is 1. The molecule has 0 aliphatic rings. The molecule has 0 aromatic heterocycles. The van der Waals surface area contributed by atoms with Crippen LogP contribution >= 0.6 is 0 Å². The molecule has 0 aliphatic carbocycles. The standard InChI is InChI=1S/C3H5NO2S/c1-3(2-4)7(5)6/h3H,1H3,(H,5,6). The minimum Gasteiger partial charge on any atom is -0.305 e. The fourth-order valence-electron chi connectivity index (χ4n) is 0.0451. The van der Waals surface area contributed by atoms with Crippen LogP contribution in [-0.4, -0.2) is 14.0 Å². The first-order valence-electron chi connectivity index (χ1n) is 1.67. The van der Waals surface area contributed by atoms with E-state index in [0.29, 0.717) is 0 Å². The van der Waals surface area contributed by atoms with E-state index < -0.39 is 16.3 Å². The van der Waals surface area contributed by atoms with Crippen molar-refractivity contribution in [1.29, 1.82) is 5.26 Å². The minimum absolute atomic E-state index is 0.764. The van der Waals surface area contributed by atoms with E-state index in [2.05, 4.69) is 0 Å². The molecule has 0 spiro atoms. The number of rotatable bonds is 1. The summed E-state index contributed by atoms with van der Waals surface area (Å²) in [7, 11) is 0. The largest absolute Gasteiger partial charge is 0.305 e. The molecule has 0 amide bonds. The molecule has 0 aromatic rings. The third-order valence-corrected chi connectivity index (χ3v) is 1.19. The van der Waals surface area contributed by atoms with Crippen LogP contribution < -0.4 is 0 Å². The summed E-state index contributed by atoms with van der Waals surface area (Å²) in [6.07, 6.45) is 0. The van der Waals surface area contributed by atoms with Gasteiger partial charge in [-0.05, 0) is 6.92 Å². The highest BCUT2D eigenvalue weighted by molar-refractivity contribution is 7.80. The number of hydrogen-bond acceptors (Lipinski definition) is 2. The molecule has 4 heteroatoms. The molecule has 40 valence electrons. The van der Waals surface area contributed by atoms with E-state index >= 15 is 0 Å². The Labute approximate surface area is 44.2 Å². The third kappa shape index (κ3) is 2.31. The monoisotopic (exact) mass is 119 g/mol. The Bertz CT molecular complexity index is 117. The Morgan fingerprint density at radius 3 is 2.43 bits per heavy atom. The lowest BCUT2D eigenvalue weighted by Gasteiger charge is -1.87. The lowest BCUT2D eigenvalue weighted by molar-refractivity contribution is 0.560. The lowest BCUT2D eigenvalue weighted by atomic mass is 10.5. The SMILES string of the molecule is CC(C#N)S(=O)O. The first-order chi connectivity index (χ1) is 3.18. The molecular formula is C3H5NO2S. The van der Waals surface area contributed by atoms with Crippen LogP contribution in [-0.2, 0) is 11.1 Å². The van der Waals surface area contributed by atoms with Gasteiger partial charge in [-0.2, -0.15) is 5.26 Å². The van der Waals surface area contributed by atoms with Crippen molar-refractivity contribution in [3.63, 3.8) is 0 Å². The molecule has 0 aromatic carbocycles. The zero-order valence-electron chi connectivity index (χ0n) is 3.79. The van der Waals surface area contributed by atoms with E-state index in [9.17, 15) is 4.21 Å². The highest BCUT2D eigenvalue weighted by Crippen LogP contribution is 1.85. The summed E-state index contributed by atoms with van der Waals surface area (Å²) in [5, 5.41) is 7.14. The van der Waals surface area contributed by atoms with Crippen molar-refractivity contribution in [2.24, 2.45) is 0 Å². The van der Waals surface area contributed by atoms with Gasteiger partial charge in [0, 0.05) is 0 Å². The Balaban J connectivity index is 3.63. The summed E-state index contributed by atoms with van der Waals surface area (Å²) in [5.41, 5.74) is 0. The van der Waals surface area contributed by atoms with Crippen molar-refractivity contribution in [1.82, 2.24) is 0 Å². The Hall–Kier alpha value is -0.400. The van der Waals surface area contributed by atoms with E-state index in [-0.39, 0.29) is 0 Å². The second-order valence-corrected chi connectivity index (χ2v) is 2.31. The van der Waals surface area contributed by atoms with Gasteiger partial charge < -0.3 is 4.55 Å². The molecule has 0 rings (SSSR count). The van der Waals surface area contributed by atoms with Gasteiger partial charge in [0.1, 0.15) is 5.25 Å². The fourth-order valence-corrected chi connectivity index (χ4v) is 0.135. The van der Waals surface area contributed by atoms with Crippen LogP contribution in [0, 0.1) is 11.3 Å². The maximum absolute atomic E-state index is 9.82. The van der Waals surface area contributed by atoms with Gasteiger partial charge in [-0.3, -0.25) is 0 Å². The minimum atomic E-state index is -1.97. The fraction of sp³-hybridized carbons (Fsp3) is 0.667. The van der Waals surface area contributed by atoms with Gasteiger partial charge in [0.25, 0.3) is 0 Å². The summed E-state index contributed by atoms with van der Waals surface area (Å²) in [6, 6.07) is 1.61. The predicted molar refractivity (Wildman–Crippen MR) is 25.8 cm³/mol. The zero-order valence-corrected chi connectivity index (χ0v) is 4.60. The Kier molecular flexibility index (Phi) is 2.56. The number of nitrogens with zero attached hydrogens (tertiary/aromatic N) is 1. The van der Waals surface area contributed by atoms with E-state index in [1.165, 1.54) is 6.92 Å². The van der Waals surface area contributed by atoms with Crippen molar-refractivity contribution >= 4 is 11.1 Å². The molecule has 2 unspecified atom stereocenters. The molecule has 3 nitrogen and oxygen atoms in total. The van der Waals surface area contributed by atoms with Crippen molar-refractivity contribution in [2.75, 3.05) is 0 Å². The van der Waals surface area contributed by atoms with Gasteiger partial charge in [-0.1, -0.05) is 0 Å². The van der Waals surface area contributed by atoms with E-state index in [1.807, 2.05) is 0 Å². The predicted octanol–water partition coefficient (Wildman–Crippen LogP) is 0.120. The highest BCUT2D eigenvalue weighted by Gasteiger charge is 2.02. The van der Waals surface area contributed by atoms with E-state index in [0.717, 1.165) is 0 Å². The molecule has 1 N–H and O–H groups in total. The van der Waals surface area contributed by atoms with Crippen LogP contribution in [0.3, 0.4) is 0 Å². The Morgan fingerprint density at radius 2 is 2.43 bits per heavy atom. The van der Waals surface area contributed by atoms with Crippen molar-refractivity contribution in [2.45, 2.75) is 12.2 Å². The topological polar surface area (TPSA) is 61.1 Å². The van der Waals surface area contributed by atoms with E-state index in [4.69, 9.17) is 9.81 Å². The van der Waals surface area contributed by atoms with Crippen LogP contribution in [0.2, 0.25) is 0 Å². The maximum atomic E-state index is 9.82. The molecule has 0 fully saturated rings. The quantitative estimate of drug-likeness (QED) is 0.499. The average molecular weight is 119 g/mol. The first-order valence-corrected chi connectivity index (χ1v) is 2.84. The summed E-state index contributed by atoms with van der Waals surface area (Å²) < 4.78 is 17.9. The second kappa shape index (κ2) is 2.72. The molecule has 0 saturated heterocycles. The normalized spacial score (nSPS) is 17.3. The highest BCUT2D eigenvalue weighted by atomic mass is 32.2. The zero-order chi connectivity index (χ0) is 5.86. The van der Waals surface area contributed by atoms with Gasteiger partial charge in [0.2, 0.25) is 0 Å². The summed E-state index contributed by atoms with van der Waals surface area (Å²) in [6.45, 7) is 1.39. The van der Waals surface area contributed by atoms with Gasteiger partial charge in [0.05, 0.1) is 6.07 Å². The molecule has 0 heterocycles. The Morgan fingerprint density at radius 1 is 2.00 bits per heavy atom. The second-order valence-electron chi connectivity index (χ2n) is 1.05. The van der Waals surface area contributed by atoms with Gasteiger partial charge in [-0.25, -0.2) is 4.21 Å². The third-order valence-electron chi connectivity index (χ3n) is 0.484. The van der Waals surface area contributed by atoms with Crippen molar-refractivity contribution in [3.05, 3.63) is 0 Å². The molecule has 0 bridgehead atoms. The van der Waals surface area contributed by atoms with Gasteiger partial charge in [-0.15, -0.1) is 0 Å². The van der Waals surface area contributed by atoms with Gasteiger partial charge >= 0.3 is 0 Å². The molecular weight excluding hydrogens is 114 g/mol. The number of nitriles is 1. The smallest absolute Gasteiger partial charge is 0.170 e. The summed E-state index contributed by atoms with van der Waals surface area (Å²) in [4.78, 5) is 0. The van der Waals surface area contributed by atoms with Crippen LogP contribution in [0.1, 0.15) is 6.92 Å². The van der Waals surface area contributed by atoms with Crippen molar-refractivity contribution in [3.8, 4) is 6.07 Å². The van der Waals surface area contributed by atoms with Crippen LogP contribution in [0.5, 0.6) is 0 Å². The maximum Gasteiger partial charge on any atom is 0.170 e. The van der Waals surface area contributed by atoms with Crippen LogP contribution in [0.15, 0.2) is 0 Å². The molecule has 0 aliphatic heterocycles. The van der Waals surface area contributed by atoms with Crippen molar-refractivity contribution < 1.29 is 8.76 Å². The average Bonchev–Trinajstić information content (AvgIpc) is 1.65. The summed E-state index contributed by atoms with van der Waals surface area (Å²) >= 11 is -1.97. The van der Waals surface area contributed by atoms with Gasteiger partial charge in [0.15, 0.2) is 11.1 Å². The summed E-state index contributed by atoms with van der Waals surface area (Å²) in [5.74, 6) is 0. The molecule has 0 radical (unpaired) electrons. The van der Waals surface area contributed by atoms with E-state index in [1.54, 1.807) is 6.07 Å².